The lowest BCUT2D eigenvalue weighted by Crippen LogP contribution is -2.28. The first kappa shape index (κ1) is 21.5. The zero-order valence-electron chi connectivity index (χ0n) is 16.3. The van der Waals surface area contributed by atoms with Crippen molar-refractivity contribution in [2.45, 2.75) is 42.0 Å². The van der Waals surface area contributed by atoms with Crippen molar-refractivity contribution in [3.8, 4) is 0 Å². The van der Waals surface area contributed by atoms with E-state index in [4.69, 9.17) is 0 Å². The molecule has 1 atom stereocenters. The Morgan fingerprint density at radius 3 is 2.03 bits per heavy atom. The van der Waals surface area contributed by atoms with E-state index in [2.05, 4.69) is 4.72 Å². The maximum Gasteiger partial charge on any atom is 0.241 e. The van der Waals surface area contributed by atoms with Gasteiger partial charge in [0.1, 0.15) is 0 Å². The van der Waals surface area contributed by atoms with Crippen molar-refractivity contribution < 1.29 is 21.6 Å². The summed E-state index contributed by atoms with van der Waals surface area (Å²) in [7, 11) is -7.10. The summed E-state index contributed by atoms with van der Waals surface area (Å²) in [5.41, 5.74) is 1.37. The van der Waals surface area contributed by atoms with E-state index >= 15 is 0 Å². The molecule has 9 heteroatoms. The van der Waals surface area contributed by atoms with Crippen LogP contribution in [0.2, 0.25) is 0 Å². The van der Waals surface area contributed by atoms with Crippen LogP contribution in [0.15, 0.2) is 58.3 Å². The minimum atomic E-state index is -3.78. The lowest BCUT2D eigenvalue weighted by molar-refractivity contribution is -0.117. The first-order valence-electron chi connectivity index (χ1n) is 9.34. The monoisotopic (exact) mass is 436 g/mol. The van der Waals surface area contributed by atoms with E-state index in [1.165, 1.54) is 24.3 Å². The van der Waals surface area contributed by atoms with E-state index in [9.17, 15) is 21.6 Å². The molecule has 7 nitrogen and oxygen atoms in total. The highest BCUT2D eigenvalue weighted by Gasteiger charge is 2.24. The second-order valence-corrected chi connectivity index (χ2v) is 10.8. The van der Waals surface area contributed by atoms with Crippen LogP contribution in [-0.4, -0.2) is 35.5 Å². The van der Waals surface area contributed by atoms with Crippen molar-refractivity contribution in [1.29, 1.82) is 0 Å². The fraction of sp³-hybridized carbons (Fsp3) is 0.350. The first-order valence-corrected chi connectivity index (χ1v) is 12.7. The molecule has 1 fully saturated rings. The number of nitrogens with zero attached hydrogens (tertiary/aromatic N) is 1. The SMILES string of the molecule is CC[C@H](NS(=O)(=O)c1ccc(N2CCCC2=O)cc1)c1ccc(S(C)(=O)=O)cc1. The molecular formula is C20H24N2O5S2. The minimum absolute atomic E-state index is 0.0438. The number of hydrogen-bond acceptors (Lipinski definition) is 5. The summed E-state index contributed by atoms with van der Waals surface area (Å²) in [4.78, 5) is 13.8. The Labute approximate surface area is 171 Å². The van der Waals surface area contributed by atoms with E-state index in [1.807, 2.05) is 6.92 Å². The van der Waals surface area contributed by atoms with Gasteiger partial charge in [-0.15, -0.1) is 0 Å². The second-order valence-electron chi connectivity index (χ2n) is 7.07. The summed E-state index contributed by atoms with van der Waals surface area (Å²) in [5, 5.41) is 0. The Balaban J connectivity index is 1.79. The van der Waals surface area contributed by atoms with Crippen LogP contribution in [0.4, 0.5) is 5.69 Å². The van der Waals surface area contributed by atoms with Gasteiger partial charge in [0.25, 0.3) is 0 Å². The summed E-state index contributed by atoms with van der Waals surface area (Å²) in [5.74, 6) is 0.0438. The second kappa shape index (κ2) is 8.25. The topological polar surface area (TPSA) is 101 Å². The number of amides is 1. The fourth-order valence-corrected chi connectivity index (χ4v) is 5.25. The molecule has 156 valence electrons. The zero-order chi connectivity index (χ0) is 21.2. The lowest BCUT2D eigenvalue weighted by Gasteiger charge is -2.19. The van der Waals surface area contributed by atoms with E-state index in [0.717, 1.165) is 12.7 Å². The molecule has 2 aromatic carbocycles. The third-order valence-electron chi connectivity index (χ3n) is 4.95. The number of nitrogens with one attached hydrogen (secondary N) is 1. The van der Waals surface area contributed by atoms with Gasteiger partial charge in [-0.25, -0.2) is 21.6 Å². The Morgan fingerprint density at radius 2 is 1.55 bits per heavy atom. The van der Waals surface area contributed by atoms with Crippen molar-refractivity contribution in [2.24, 2.45) is 0 Å². The molecule has 1 aliphatic rings. The smallest absolute Gasteiger partial charge is 0.241 e. The van der Waals surface area contributed by atoms with Gasteiger partial charge in [-0.05, 0) is 54.8 Å². The summed E-state index contributed by atoms with van der Waals surface area (Å²) >= 11 is 0. The third kappa shape index (κ3) is 4.85. The summed E-state index contributed by atoms with van der Waals surface area (Å²) in [6.45, 7) is 2.49. The molecule has 29 heavy (non-hydrogen) atoms. The van der Waals surface area contributed by atoms with Crippen molar-refractivity contribution in [3.05, 3.63) is 54.1 Å². The molecule has 0 radical (unpaired) electrons. The van der Waals surface area contributed by atoms with Crippen molar-refractivity contribution in [1.82, 2.24) is 4.72 Å². The Bertz CT molecular complexity index is 1090. The quantitative estimate of drug-likeness (QED) is 0.719. The highest BCUT2D eigenvalue weighted by molar-refractivity contribution is 7.90. The molecule has 1 heterocycles. The van der Waals surface area contributed by atoms with Crippen LogP contribution < -0.4 is 9.62 Å². The zero-order valence-corrected chi connectivity index (χ0v) is 18.0. The number of sulfone groups is 1. The van der Waals surface area contributed by atoms with Crippen LogP contribution in [0.25, 0.3) is 0 Å². The van der Waals surface area contributed by atoms with Gasteiger partial charge in [-0.2, -0.15) is 0 Å². The van der Waals surface area contributed by atoms with Gasteiger partial charge in [-0.1, -0.05) is 19.1 Å². The average molecular weight is 437 g/mol. The molecule has 0 aromatic heterocycles. The Hall–Kier alpha value is -2.23. The molecule has 0 saturated carbocycles. The van der Waals surface area contributed by atoms with Crippen LogP contribution in [0, 0.1) is 0 Å². The van der Waals surface area contributed by atoms with Crippen LogP contribution >= 0.6 is 0 Å². The standard InChI is InChI=1S/C20H24N2O5S2/c1-3-19(15-6-10-17(11-7-15)28(2,24)25)21-29(26,27)18-12-8-16(9-13-18)22-14-4-5-20(22)23/h6-13,19,21H,3-5,14H2,1-2H3/t19-/m0/s1. The Morgan fingerprint density at radius 1 is 0.966 bits per heavy atom. The van der Waals surface area contributed by atoms with Gasteiger partial charge < -0.3 is 4.90 Å². The molecule has 0 bridgehead atoms. The molecular weight excluding hydrogens is 412 g/mol. The Kier molecular flexibility index (Phi) is 6.11. The number of sulfonamides is 1. The van der Waals surface area contributed by atoms with Gasteiger partial charge in [0.15, 0.2) is 9.84 Å². The molecule has 0 spiro atoms. The number of carbonyl (C=O) groups excluding carboxylic acids is 1. The first-order chi connectivity index (χ1) is 13.6. The number of hydrogen-bond donors (Lipinski definition) is 1. The molecule has 2 aromatic rings. The molecule has 1 aliphatic heterocycles. The van der Waals surface area contributed by atoms with Gasteiger partial charge in [0, 0.05) is 31.0 Å². The number of anilines is 1. The predicted molar refractivity (Wildman–Crippen MR) is 111 cm³/mol. The minimum Gasteiger partial charge on any atom is -0.312 e. The fourth-order valence-electron chi connectivity index (χ4n) is 3.32. The van der Waals surface area contributed by atoms with E-state index in [0.29, 0.717) is 30.6 Å². The molecule has 1 amide bonds. The third-order valence-corrected chi connectivity index (χ3v) is 7.56. The number of rotatable bonds is 7. The number of carbonyl (C=O) groups is 1. The largest absolute Gasteiger partial charge is 0.312 e. The summed E-state index contributed by atoms with van der Waals surface area (Å²) in [6, 6.07) is 12.0. The number of benzene rings is 2. The van der Waals surface area contributed by atoms with Crippen molar-refractivity contribution in [2.75, 3.05) is 17.7 Å². The highest BCUT2D eigenvalue weighted by atomic mass is 32.2. The van der Waals surface area contributed by atoms with Crippen molar-refractivity contribution in [3.63, 3.8) is 0 Å². The van der Waals surface area contributed by atoms with Gasteiger partial charge in [0.2, 0.25) is 15.9 Å². The van der Waals surface area contributed by atoms with E-state index < -0.39 is 25.9 Å². The molecule has 3 rings (SSSR count). The maximum atomic E-state index is 12.8. The van der Waals surface area contributed by atoms with Crippen LogP contribution in [0.5, 0.6) is 0 Å². The van der Waals surface area contributed by atoms with E-state index in [1.54, 1.807) is 29.2 Å². The van der Waals surface area contributed by atoms with Gasteiger partial charge in [-0.3, -0.25) is 4.79 Å². The predicted octanol–water partition coefficient (Wildman–Crippen LogP) is 2.65. The molecule has 1 saturated heterocycles. The van der Waals surface area contributed by atoms with Gasteiger partial charge >= 0.3 is 0 Å². The summed E-state index contributed by atoms with van der Waals surface area (Å²) < 4.78 is 51.5. The molecule has 0 unspecified atom stereocenters. The molecule has 0 aliphatic carbocycles. The lowest BCUT2D eigenvalue weighted by atomic mass is 10.1. The van der Waals surface area contributed by atoms with Gasteiger partial charge in [0.05, 0.1) is 9.79 Å². The van der Waals surface area contributed by atoms with Crippen LogP contribution in [0.1, 0.15) is 37.8 Å². The maximum absolute atomic E-state index is 12.8. The average Bonchev–Trinajstić information content (AvgIpc) is 3.11. The van der Waals surface area contributed by atoms with Crippen LogP contribution in [0.3, 0.4) is 0 Å². The highest BCUT2D eigenvalue weighted by Crippen LogP contribution is 2.25. The van der Waals surface area contributed by atoms with Crippen LogP contribution in [-0.2, 0) is 24.7 Å². The van der Waals surface area contributed by atoms with Crippen molar-refractivity contribution >= 4 is 31.5 Å². The molecule has 1 N–H and O–H groups in total. The summed E-state index contributed by atoms with van der Waals surface area (Å²) in [6.07, 6.45) is 2.94. The van der Waals surface area contributed by atoms with E-state index in [-0.39, 0.29) is 15.7 Å². The normalized spacial score (nSPS) is 16.2.